The number of nitrogens with two attached hydrogens (primary N) is 6. The number of allylic oxidation sites excluding steroid dienone is 1. The van der Waals surface area contributed by atoms with Crippen molar-refractivity contribution in [3.05, 3.63) is 72.9 Å². The first-order valence-electron chi connectivity index (χ1n) is 23.1. The minimum atomic E-state index is -1.05. The molecule has 0 rings (SSSR count). The van der Waals surface area contributed by atoms with Crippen molar-refractivity contribution in [2.45, 2.75) is 136 Å². The summed E-state index contributed by atoms with van der Waals surface area (Å²) >= 11 is 0. The smallest absolute Gasteiger partial charge is 0.322 e. The summed E-state index contributed by atoms with van der Waals surface area (Å²) in [6.45, 7) is 38.5. The van der Waals surface area contributed by atoms with Crippen LogP contribution in [0.1, 0.15) is 99.3 Å². The number of carboxylic acid groups (broad SMARTS) is 6. The lowest BCUT2D eigenvalue weighted by molar-refractivity contribution is -0.140. The van der Waals surface area contributed by atoms with Gasteiger partial charge in [-0.1, -0.05) is 66.3 Å². The second-order valence-corrected chi connectivity index (χ2v) is 17.1. The Morgan fingerprint density at radius 1 is 0.389 bits per heavy atom. The van der Waals surface area contributed by atoms with E-state index in [1.54, 1.807) is 6.92 Å². The molecule has 0 saturated heterocycles. The third-order valence-electron chi connectivity index (χ3n) is 8.10. The van der Waals surface area contributed by atoms with Crippen LogP contribution in [0.5, 0.6) is 0 Å². The average molecular weight is 1040 g/mol. The first kappa shape index (κ1) is 78.3. The fourth-order valence-electron chi connectivity index (χ4n) is 4.09. The van der Waals surface area contributed by atoms with Crippen LogP contribution in [-0.2, 0) is 43.0 Å². The molecule has 0 radical (unpaired) electrons. The highest BCUT2D eigenvalue weighted by Gasteiger charge is 2.13. The summed E-state index contributed by atoms with van der Waals surface area (Å²) in [7, 11) is 0. The lowest BCUT2D eigenvalue weighted by atomic mass is 10.1. The van der Waals surface area contributed by atoms with E-state index in [-0.39, 0.29) is 6.61 Å². The molecule has 72 heavy (non-hydrogen) atoms. The molecule has 6 atom stereocenters. The van der Waals surface area contributed by atoms with Crippen molar-refractivity contribution in [3.8, 4) is 0 Å². The van der Waals surface area contributed by atoms with E-state index >= 15 is 0 Å². The fourth-order valence-corrected chi connectivity index (χ4v) is 4.09. The minimum absolute atomic E-state index is 0.0300. The third kappa shape index (κ3) is 71.4. The summed E-state index contributed by atoms with van der Waals surface area (Å²) in [4.78, 5) is 61.5. The highest BCUT2D eigenvalue weighted by Crippen LogP contribution is 2.05. The molecule has 6 unspecified atom stereocenters. The maximum atomic E-state index is 10.3. The van der Waals surface area contributed by atoms with Crippen LogP contribution in [-0.4, -0.2) is 169 Å². The Kier molecular flexibility index (Phi) is 56.7. The summed E-state index contributed by atoms with van der Waals surface area (Å²) in [6.07, 6.45) is 5.39. The zero-order chi connectivity index (χ0) is 57.4. The highest BCUT2D eigenvalue weighted by atomic mass is 16.5. The second kappa shape index (κ2) is 52.2. The van der Waals surface area contributed by atoms with Crippen LogP contribution >= 0.6 is 0 Å². The number of rotatable bonds is 36. The molecule has 0 amide bonds. The summed E-state index contributed by atoms with van der Waals surface area (Å²) < 4.78 is 15.2. The summed E-state index contributed by atoms with van der Waals surface area (Å²) in [5, 5.41) is 56.6. The van der Waals surface area contributed by atoms with Crippen LogP contribution in [0, 0.1) is 0 Å². The molecule has 0 spiro atoms. The van der Waals surface area contributed by atoms with E-state index in [4.69, 9.17) is 79.3 Å². The maximum absolute atomic E-state index is 10.3. The van der Waals surface area contributed by atoms with Crippen molar-refractivity contribution < 1.29 is 73.6 Å². The molecule has 0 saturated carbocycles. The molecule has 0 heterocycles. The van der Waals surface area contributed by atoms with Crippen LogP contribution in [0.25, 0.3) is 0 Å². The van der Waals surface area contributed by atoms with Crippen molar-refractivity contribution in [1.82, 2.24) is 10.6 Å². The Hall–Kier alpha value is -5.18. The van der Waals surface area contributed by atoms with Gasteiger partial charge in [0.15, 0.2) is 0 Å². The van der Waals surface area contributed by atoms with E-state index in [1.165, 1.54) is 0 Å². The number of hydrogen-bond acceptors (Lipinski definition) is 17. The largest absolute Gasteiger partial charge is 0.480 e. The molecule has 23 nitrogen and oxygen atoms in total. The highest BCUT2D eigenvalue weighted by molar-refractivity contribution is 5.74. The van der Waals surface area contributed by atoms with E-state index in [0.717, 1.165) is 65.8 Å². The molecule has 420 valence electrons. The van der Waals surface area contributed by atoms with Crippen molar-refractivity contribution in [2.75, 3.05) is 65.8 Å². The molecule has 0 aromatic rings. The van der Waals surface area contributed by atoms with Gasteiger partial charge in [-0.25, -0.2) is 0 Å². The number of hydrogen-bond donors (Lipinski definition) is 14. The molecule has 0 aliphatic heterocycles. The van der Waals surface area contributed by atoms with Crippen LogP contribution in [0.4, 0.5) is 0 Å². The van der Waals surface area contributed by atoms with Gasteiger partial charge in [-0.3, -0.25) is 28.8 Å². The zero-order valence-electron chi connectivity index (χ0n) is 44.0. The Morgan fingerprint density at radius 2 is 0.708 bits per heavy atom. The summed E-state index contributed by atoms with van der Waals surface area (Å²) in [6, 6.07) is -4.73. The van der Waals surface area contributed by atoms with Gasteiger partial charge in [0.25, 0.3) is 0 Å². The van der Waals surface area contributed by atoms with E-state index in [0.29, 0.717) is 84.6 Å². The van der Waals surface area contributed by atoms with Gasteiger partial charge in [-0.15, -0.1) is 6.58 Å². The van der Waals surface area contributed by atoms with Crippen LogP contribution in [0.2, 0.25) is 0 Å². The fraction of sp³-hybridized carbons (Fsp3) is 0.633. The lowest BCUT2D eigenvalue weighted by Crippen LogP contribution is -2.35. The van der Waals surface area contributed by atoms with Crippen molar-refractivity contribution in [3.63, 3.8) is 0 Å². The lowest BCUT2D eigenvalue weighted by Gasteiger charge is -2.06. The first-order valence-corrected chi connectivity index (χ1v) is 23.1. The Morgan fingerprint density at radius 3 is 1.07 bits per heavy atom. The van der Waals surface area contributed by atoms with E-state index in [2.05, 4.69) is 50.1 Å². The van der Waals surface area contributed by atoms with Gasteiger partial charge in [0.05, 0.1) is 26.4 Å². The second-order valence-electron chi connectivity index (χ2n) is 17.1. The van der Waals surface area contributed by atoms with E-state index in [9.17, 15) is 28.8 Å². The van der Waals surface area contributed by atoms with Gasteiger partial charge in [0.1, 0.15) is 36.3 Å². The number of carbonyl (C=O) groups is 6. The molecule has 0 aromatic carbocycles. The Balaban J connectivity index is -0.000000182. The van der Waals surface area contributed by atoms with Gasteiger partial charge in [0, 0.05) is 26.3 Å². The number of ether oxygens (including phenoxy) is 3. The molecule has 0 fully saturated rings. The van der Waals surface area contributed by atoms with Crippen LogP contribution in [0.3, 0.4) is 0 Å². The summed E-state index contributed by atoms with van der Waals surface area (Å²) in [5.41, 5.74) is 37.4. The number of carboxylic acids is 6. The molecule has 0 aliphatic rings. The monoisotopic (exact) mass is 1030 g/mol. The first-order chi connectivity index (χ1) is 33.2. The maximum Gasteiger partial charge on any atom is 0.322 e. The zero-order valence-corrected chi connectivity index (χ0v) is 44.0. The molecule has 20 N–H and O–H groups in total. The van der Waals surface area contributed by atoms with Crippen LogP contribution < -0.4 is 45.0 Å². The van der Waals surface area contributed by atoms with Crippen molar-refractivity contribution in [1.29, 1.82) is 0 Å². The summed E-state index contributed by atoms with van der Waals surface area (Å²) in [5.74, 6) is -5.81. The number of nitrogens with one attached hydrogen (secondary N) is 2. The quantitative estimate of drug-likeness (QED) is 0.0317. The molecule has 23 heteroatoms. The predicted octanol–water partition coefficient (Wildman–Crippen LogP) is 2.59. The van der Waals surface area contributed by atoms with Gasteiger partial charge in [-0.2, -0.15) is 0 Å². The van der Waals surface area contributed by atoms with Gasteiger partial charge in [0.2, 0.25) is 0 Å². The standard InChI is InChI=1S/C9H18N2O2.C9H17NO3.C8H16N2O2.C8H15NO3.C8H15NO2.C7H13NO3/c1-7(2)6-11-5-3-4-8(10)9(12)13;1-7(2)6-13-5-3-4-8(10)9(11)12;1-6(2)5-10-4-3-7(9)8(11)12;1-6(2)5-12-4-3-7(9)8(10)11;1-6(2)4-3-5-7(9)8(10)11;1-5(2)3-11-4-6(8)7(9)10/h8,11H,1,3-6,10H2,2H3,(H,12,13);8H,1,3-6,10H2,2H3,(H,11,12);7,10H,1,3-5,9H2,2H3,(H,11,12);7H,1,3-5,9H2,2H3,(H,10,11);7H,1,3-5,9H2,2H3,(H,10,11);6H,1,3-4,8H2,2H3,(H,9,10). The van der Waals surface area contributed by atoms with Crippen molar-refractivity contribution in [2.24, 2.45) is 34.4 Å². The van der Waals surface area contributed by atoms with Gasteiger partial charge >= 0.3 is 35.8 Å². The van der Waals surface area contributed by atoms with Gasteiger partial charge in [-0.05, 0) is 112 Å². The number of aliphatic carboxylic acids is 6. The molecule has 0 aliphatic carbocycles. The van der Waals surface area contributed by atoms with Crippen LogP contribution in [0.15, 0.2) is 72.9 Å². The van der Waals surface area contributed by atoms with E-state index in [1.807, 2.05) is 34.6 Å². The molecule has 0 bridgehead atoms. The Bertz CT molecular complexity index is 1480. The average Bonchev–Trinajstić information content (AvgIpc) is 3.26. The van der Waals surface area contributed by atoms with Crippen molar-refractivity contribution >= 4 is 35.8 Å². The van der Waals surface area contributed by atoms with E-state index < -0.39 is 72.1 Å². The minimum Gasteiger partial charge on any atom is -0.480 e. The molecular weight excluding hydrogens is 941 g/mol. The Labute approximate surface area is 427 Å². The molecule has 0 aromatic heterocycles. The normalized spacial score (nSPS) is 12.5. The SMILES string of the molecule is C=C(C)CCCC(N)C(=O)O.C=C(C)CNCCC(N)C(=O)O.C=C(C)CNCCCC(N)C(=O)O.C=C(C)COCC(N)C(=O)O.C=C(C)COCCC(N)C(=O)O.C=C(C)COCCCC(N)C(=O)O. The topological polar surface area (TPSA) is 432 Å². The third-order valence-corrected chi connectivity index (χ3v) is 8.10. The van der Waals surface area contributed by atoms with Gasteiger partial charge < -0.3 is 89.9 Å². The predicted molar refractivity (Wildman–Crippen MR) is 282 cm³/mol. The molecular formula is C49H94N8O15.